The van der Waals surface area contributed by atoms with Crippen LogP contribution < -0.4 is 9.47 Å². The predicted molar refractivity (Wildman–Crippen MR) is 94.3 cm³/mol. The highest BCUT2D eigenvalue weighted by molar-refractivity contribution is 7.85. The maximum atomic E-state index is 12.0. The third-order valence-corrected chi connectivity index (χ3v) is 4.64. The number of carbonyl (C=O) groups is 1. The van der Waals surface area contributed by atoms with Gasteiger partial charge in [0.1, 0.15) is 5.56 Å². The van der Waals surface area contributed by atoms with Crippen molar-refractivity contribution in [3.63, 3.8) is 0 Å². The fraction of sp³-hybridized carbons (Fsp3) is 0.235. The van der Waals surface area contributed by atoms with E-state index in [1.807, 2.05) is 0 Å². The summed E-state index contributed by atoms with van der Waals surface area (Å²) in [6, 6.07) is 5.04. The van der Waals surface area contributed by atoms with E-state index in [1.54, 1.807) is 18.2 Å². The van der Waals surface area contributed by atoms with E-state index >= 15 is 0 Å². The lowest BCUT2D eigenvalue weighted by Gasteiger charge is -2.12. The molecule has 0 radical (unpaired) electrons. The van der Waals surface area contributed by atoms with Crippen molar-refractivity contribution < 1.29 is 32.0 Å². The Morgan fingerprint density at radius 2 is 1.88 bits per heavy atom. The number of hydrogen-bond acceptors (Lipinski definition) is 6. The Morgan fingerprint density at radius 1 is 1.23 bits per heavy atom. The third kappa shape index (κ3) is 3.73. The van der Waals surface area contributed by atoms with Gasteiger partial charge in [-0.15, -0.1) is 0 Å². The van der Waals surface area contributed by atoms with Gasteiger partial charge < -0.3 is 18.8 Å². The highest BCUT2D eigenvalue weighted by atomic mass is 32.2. The zero-order valence-corrected chi connectivity index (χ0v) is 15.4. The number of methoxy groups -OCH3 is 3. The fourth-order valence-corrected chi connectivity index (χ4v) is 3.46. The summed E-state index contributed by atoms with van der Waals surface area (Å²) in [6.07, 6.45) is 2.71. The van der Waals surface area contributed by atoms with Crippen LogP contribution in [0.25, 0.3) is 6.08 Å². The second-order valence-electron chi connectivity index (χ2n) is 5.25. The Morgan fingerprint density at radius 3 is 2.38 bits per heavy atom. The number of benzene rings is 1. The second-order valence-corrected chi connectivity index (χ2v) is 6.59. The van der Waals surface area contributed by atoms with Gasteiger partial charge in [0, 0.05) is 18.3 Å². The summed E-state index contributed by atoms with van der Waals surface area (Å²) >= 11 is 0. The molecule has 1 aromatic carbocycles. The average Bonchev–Trinajstić information content (AvgIpc) is 2.99. The maximum Gasteiger partial charge on any atom is 0.341 e. The summed E-state index contributed by atoms with van der Waals surface area (Å²) in [5, 5.41) is -0.561. The zero-order valence-electron chi connectivity index (χ0n) is 14.6. The van der Waals surface area contributed by atoms with Crippen molar-refractivity contribution in [2.75, 3.05) is 21.3 Å². The first-order valence-electron chi connectivity index (χ1n) is 7.39. The van der Waals surface area contributed by atoms with Crippen molar-refractivity contribution in [2.45, 2.75) is 11.6 Å². The van der Waals surface area contributed by atoms with E-state index in [9.17, 15) is 17.8 Å². The van der Waals surface area contributed by atoms with E-state index in [2.05, 4.69) is 11.3 Å². The zero-order chi connectivity index (χ0) is 19.5. The van der Waals surface area contributed by atoms with Crippen LogP contribution in [0, 0.1) is 0 Å². The Kier molecular flexibility index (Phi) is 5.73. The summed E-state index contributed by atoms with van der Waals surface area (Å²) in [5.41, 5.74) is 0.616. The number of esters is 1. The van der Waals surface area contributed by atoms with Gasteiger partial charge in [-0.25, -0.2) is 4.79 Å². The average molecular weight is 381 g/mol. The van der Waals surface area contributed by atoms with E-state index in [0.717, 1.165) is 7.11 Å². The van der Waals surface area contributed by atoms with Crippen LogP contribution in [0.3, 0.4) is 0 Å². The molecule has 0 saturated carbocycles. The van der Waals surface area contributed by atoms with Gasteiger partial charge in [0.25, 0.3) is 0 Å². The lowest BCUT2D eigenvalue weighted by molar-refractivity contribution is 0.0595. The summed E-state index contributed by atoms with van der Waals surface area (Å²) in [6.45, 7) is 3.62. The van der Waals surface area contributed by atoms with Crippen molar-refractivity contribution in [2.24, 2.45) is 0 Å². The number of aromatic nitrogens is 1. The summed E-state index contributed by atoms with van der Waals surface area (Å²) in [5.74, 6) is 0.0853. The van der Waals surface area contributed by atoms with E-state index in [0.29, 0.717) is 17.1 Å². The Bertz CT molecular complexity index is 944. The Hall–Kier alpha value is -2.78. The van der Waals surface area contributed by atoms with Crippen LogP contribution in [-0.4, -0.2) is 44.8 Å². The van der Waals surface area contributed by atoms with Gasteiger partial charge in [0.2, 0.25) is 0 Å². The van der Waals surface area contributed by atoms with Gasteiger partial charge in [-0.2, -0.15) is 8.42 Å². The molecule has 0 saturated heterocycles. The first-order valence-corrected chi connectivity index (χ1v) is 8.83. The molecule has 0 bridgehead atoms. The topological polar surface area (TPSA) is 104 Å². The number of carbonyl (C=O) groups excluding carboxylic acids is 1. The fourth-order valence-electron chi connectivity index (χ4n) is 2.59. The van der Waals surface area contributed by atoms with Crippen LogP contribution in [0.15, 0.2) is 36.0 Å². The van der Waals surface area contributed by atoms with Crippen molar-refractivity contribution >= 4 is 22.2 Å². The molecular weight excluding hydrogens is 362 g/mol. The van der Waals surface area contributed by atoms with E-state index < -0.39 is 21.1 Å². The Balaban J connectivity index is 2.62. The van der Waals surface area contributed by atoms with Gasteiger partial charge in [0.15, 0.2) is 16.5 Å². The second kappa shape index (κ2) is 7.63. The molecule has 1 aromatic heterocycles. The van der Waals surface area contributed by atoms with E-state index in [1.165, 1.54) is 31.1 Å². The van der Waals surface area contributed by atoms with Gasteiger partial charge in [-0.3, -0.25) is 4.55 Å². The first kappa shape index (κ1) is 19.5. The van der Waals surface area contributed by atoms with Gasteiger partial charge in [0.05, 0.1) is 21.3 Å². The van der Waals surface area contributed by atoms with Crippen LogP contribution in [0.4, 0.5) is 0 Å². The normalized spacial score (nSPS) is 11.1. The standard InChI is InChI=1S/C17H19NO7S/c1-5-12-10-18(16(26(20,21)22)15(12)17(19)25-4)9-11-6-7-13(23-2)14(8-11)24-3/h5-8,10H,1,9H2,2-4H3,(H,20,21,22). The van der Waals surface area contributed by atoms with Crippen LogP contribution in [0.2, 0.25) is 0 Å². The molecule has 0 aliphatic carbocycles. The molecule has 1 N–H and O–H groups in total. The minimum absolute atomic E-state index is 0.0489. The summed E-state index contributed by atoms with van der Waals surface area (Å²) < 4.78 is 49.7. The molecule has 0 amide bonds. The molecule has 0 spiro atoms. The molecule has 0 aliphatic heterocycles. The predicted octanol–water partition coefficient (Wildman–Crippen LogP) is 2.23. The lowest BCUT2D eigenvalue weighted by atomic mass is 10.2. The number of nitrogens with zero attached hydrogens (tertiary/aromatic N) is 1. The number of hydrogen-bond donors (Lipinski definition) is 1. The highest BCUT2D eigenvalue weighted by Crippen LogP contribution is 2.30. The lowest BCUT2D eigenvalue weighted by Crippen LogP contribution is -2.14. The van der Waals surface area contributed by atoms with Crippen LogP contribution in [0.5, 0.6) is 11.5 Å². The summed E-state index contributed by atoms with van der Waals surface area (Å²) in [4.78, 5) is 12.0. The van der Waals surface area contributed by atoms with Gasteiger partial charge >= 0.3 is 16.1 Å². The van der Waals surface area contributed by atoms with Crippen molar-refractivity contribution in [3.05, 3.63) is 47.7 Å². The maximum absolute atomic E-state index is 12.0. The smallest absolute Gasteiger partial charge is 0.341 e. The molecule has 9 heteroatoms. The van der Waals surface area contributed by atoms with Crippen LogP contribution in [-0.2, 0) is 21.4 Å². The molecule has 8 nitrogen and oxygen atoms in total. The van der Waals surface area contributed by atoms with Crippen molar-refractivity contribution in [1.29, 1.82) is 0 Å². The largest absolute Gasteiger partial charge is 0.493 e. The molecular formula is C17H19NO7S. The van der Waals surface area contributed by atoms with E-state index in [4.69, 9.17) is 9.47 Å². The molecule has 0 atom stereocenters. The molecule has 26 heavy (non-hydrogen) atoms. The van der Waals surface area contributed by atoms with Crippen molar-refractivity contribution in [1.82, 2.24) is 4.57 Å². The minimum atomic E-state index is -4.70. The molecule has 2 aromatic rings. The summed E-state index contributed by atoms with van der Waals surface area (Å²) in [7, 11) is -0.602. The van der Waals surface area contributed by atoms with Crippen LogP contribution in [0.1, 0.15) is 21.5 Å². The first-order chi connectivity index (χ1) is 12.3. The van der Waals surface area contributed by atoms with Crippen molar-refractivity contribution in [3.8, 4) is 11.5 Å². The molecule has 0 aliphatic rings. The molecule has 2 rings (SSSR count). The van der Waals surface area contributed by atoms with Gasteiger partial charge in [-0.05, 0) is 17.7 Å². The molecule has 140 valence electrons. The SMILES string of the molecule is C=Cc1cn(Cc2ccc(OC)c(OC)c2)c(S(=O)(=O)O)c1C(=O)OC. The molecule has 0 unspecified atom stereocenters. The van der Waals surface area contributed by atoms with E-state index in [-0.39, 0.29) is 17.7 Å². The monoisotopic (exact) mass is 381 g/mol. The molecule has 1 heterocycles. The Labute approximate surface area is 151 Å². The highest BCUT2D eigenvalue weighted by Gasteiger charge is 2.29. The van der Waals surface area contributed by atoms with Gasteiger partial charge in [-0.1, -0.05) is 18.7 Å². The third-order valence-electron chi connectivity index (χ3n) is 3.71. The van der Waals surface area contributed by atoms with Crippen LogP contribution >= 0.6 is 0 Å². The molecule has 0 fully saturated rings. The number of ether oxygens (including phenoxy) is 3. The quantitative estimate of drug-likeness (QED) is 0.579. The minimum Gasteiger partial charge on any atom is -0.493 e. The number of rotatable bonds is 7.